The van der Waals surface area contributed by atoms with Gasteiger partial charge < -0.3 is 11.1 Å². The molecule has 0 bridgehead atoms. The van der Waals surface area contributed by atoms with Crippen molar-refractivity contribution in [3.05, 3.63) is 27.2 Å². The molecule has 1 amide bonds. The lowest BCUT2D eigenvalue weighted by molar-refractivity contribution is -0.117. The maximum Gasteiger partial charge on any atom is 0.241 e. The Hall–Kier alpha value is -0.480. The molecule has 0 heterocycles. The van der Waals surface area contributed by atoms with Crippen molar-refractivity contribution >= 4 is 46.4 Å². The second kappa shape index (κ2) is 5.73. The van der Waals surface area contributed by atoms with Gasteiger partial charge in [0.15, 0.2) is 0 Å². The van der Waals surface area contributed by atoms with Gasteiger partial charge in [0.25, 0.3) is 0 Å². The molecule has 1 rings (SSSR count). The summed E-state index contributed by atoms with van der Waals surface area (Å²) in [6.07, 6.45) is 0.546. The largest absolute Gasteiger partial charge is 0.323 e. The smallest absolute Gasteiger partial charge is 0.241 e. The standard InChI is InChI=1S/C10H11Cl3N2O/c1-2-8(14)10(16)15-9-4-6(12)5(11)3-7(9)13/h3-4,8H,2,14H2,1H3,(H,15,16)/t8-/m0/s1. The molecule has 0 saturated carbocycles. The number of nitrogens with one attached hydrogen (secondary N) is 1. The quantitative estimate of drug-likeness (QED) is 0.835. The second-order valence-corrected chi connectivity index (χ2v) is 4.47. The zero-order valence-electron chi connectivity index (χ0n) is 8.56. The third-order valence-electron chi connectivity index (χ3n) is 2.04. The van der Waals surface area contributed by atoms with Crippen LogP contribution in [0, 0.1) is 0 Å². The first-order valence-electron chi connectivity index (χ1n) is 4.66. The molecular weight excluding hydrogens is 270 g/mol. The molecule has 3 nitrogen and oxygen atoms in total. The molecule has 16 heavy (non-hydrogen) atoms. The molecule has 88 valence electrons. The van der Waals surface area contributed by atoms with Gasteiger partial charge in [0, 0.05) is 0 Å². The van der Waals surface area contributed by atoms with Gasteiger partial charge in [0.1, 0.15) is 0 Å². The van der Waals surface area contributed by atoms with E-state index in [1.807, 2.05) is 6.92 Å². The van der Waals surface area contributed by atoms with Gasteiger partial charge in [-0.15, -0.1) is 0 Å². The van der Waals surface area contributed by atoms with Crippen molar-refractivity contribution in [1.82, 2.24) is 0 Å². The lowest BCUT2D eigenvalue weighted by Gasteiger charge is -2.12. The lowest BCUT2D eigenvalue weighted by Crippen LogP contribution is -2.34. The van der Waals surface area contributed by atoms with E-state index in [2.05, 4.69) is 5.32 Å². The number of benzene rings is 1. The minimum absolute atomic E-state index is 0.303. The highest BCUT2D eigenvalue weighted by molar-refractivity contribution is 6.44. The average Bonchev–Trinajstić information content (AvgIpc) is 2.24. The molecule has 1 atom stereocenters. The fourth-order valence-corrected chi connectivity index (χ4v) is 1.62. The van der Waals surface area contributed by atoms with Crippen molar-refractivity contribution in [2.45, 2.75) is 19.4 Å². The summed E-state index contributed by atoms with van der Waals surface area (Å²) in [5.74, 6) is -0.303. The SMILES string of the molecule is CC[C@H](N)C(=O)Nc1cc(Cl)c(Cl)cc1Cl. The van der Waals surface area contributed by atoms with E-state index in [0.29, 0.717) is 27.2 Å². The summed E-state index contributed by atoms with van der Waals surface area (Å²) in [4.78, 5) is 11.5. The monoisotopic (exact) mass is 280 g/mol. The topological polar surface area (TPSA) is 55.1 Å². The first kappa shape index (κ1) is 13.6. The van der Waals surface area contributed by atoms with E-state index < -0.39 is 6.04 Å². The Kier molecular flexibility index (Phi) is 4.87. The lowest BCUT2D eigenvalue weighted by atomic mass is 10.2. The molecule has 0 saturated heterocycles. The van der Waals surface area contributed by atoms with Crippen LogP contribution >= 0.6 is 34.8 Å². The van der Waals surface area contributed by atoms with E-state index in [0.717, 1.165) is 0 Å². The Morgan fingerprint density at radius 3 is 2.44 bits per heavy atom. The summed E-state index contributed by atoms with van der Waals surface area (Å²) in [6, 6.07) is 2.40. The highest BCUT2D eigenvalue weighted by atomic mass is 35.5. The highest BCUT2D eigenvalue weighted by Gasteiger charge is 2.13. The van der Waals surface area contributed by atoms with Gasteiger partial charge in [-0.25, -0.2) is 0 Å². The minimum Gasteiger partial charge on any atom is -0.323 e. The Balaban J connectivity index is 2.90. The van der Waals surface area contributed by atoms with E-state index in [-0.39, 0.29) is 5.91 Å². The zero-order chi connectivity index (χ0) is 12.3. The van der Waals surface area contributed by atoms with Gasteiger partial charge in [0.2, 0.25) is 5.91 Å². The van der Waals surface area contributed by atoms with E-state index in [9.17, 15) is 4.79 Å². The Morgan fingerprint density at radius 2 is 1.88 bits per heavy atom. The summed E-state index contributed by atoms with van der Waals surface area (Å²) in [5.41, 5.74) is 5.98. The first-order chi connectivity index (χ1) is 7.45. The van der Waals surface area contributed by atoms with Gasteiger partial charge in [0.05, 0.1) is 26.8 Å². The normalized spacial score (nSPS) is 12.3. The summed E-state index contributed by atoms with van der Waals surface area (Å²) < 4.78 is 0. The van der Waals surface area contributed by atoms with Gasteiger partial charge in [-0.2, -0.15) is 0 Å². The summed E-state index contributed by atoms with van der Waals surface area (Å²) >= 11 is 17.5. The van der Waals surface area contributed by atoms with Crippen molar-refractivity contribution < 1.29 is 4.79 Å². The molecule has 1 aromatic rings. The predicted octanol–water partition coefficient (Wildman–Crippen LogP) is 3.32. The van der Waals surface area contributed by atoms with Crippen LogP contribution in [0.4, 0.5) is 5.69 Å². The molecule has 0 aliphatic carbocycles. The molecule has 6 heteroatoms. The number of nitrogens with two attached hydrogens (primary N) is 1. The number of anilines is 1. The van der Waals surface area contributed by atoms with Crippen LogP contribution in [-0.2, 0) is 4.79 Å². The summed E-state index contributed by atoms with van der Waals surface area (Å²) in [6.45, 7) is 1.82. The Morgan fingerprint density at radius 1 is 1.31 bits per heavy atom. The maximum atomic E-state index is 11.5. The number of hydrogen-bond donors (Lipinski definition) is 2. The number of carbonyl (C=O) groups is 1. The number of carbonyl (C=O) groups excluding carboxylic acids is 1. The van der Waals surface area contributed by atoms with E-state index >= 15 is 0 Å². The minimum atomic E-state index is -0.564. The molecule has 1 aromatic carbocycles. The Labute approximate surface area is 109 Å². The van der Waals surface area contributed by atoms with Crippen molar-refractivity contribution in [3.63, 3.8) is 0 Å². The molecule has 0 aliphatic rings. The third-order valence-corrected chi connectivity index (χ3v) is 3.08. The molecule has 0 spiro atoms. The van der Waals surface area contributed by atoms with Crippen LogP contribution in [0.25, 0.3) is 0 Å². The third kappa shape index (κ3) is 3.25. The summed E-state index contributed by atoms with van der Waals surface area (Å²) in [5, 5.41) is 3.58. The van der Waals surface area contributed by atoms with E-state index in [1.165, 1.54) is 12.1 Å². The maximum absolute atomic E-state index is 11.5. The van der Waals surface area contributed by atoms with Crippen LogP contribution in [-0.4, -0.2) is 11.9 Å². The van der Waals surface area contributed by atoms with Crippen LogP contribution in [0.1, 0.15) is 13.3 Å². The van der Waals surface area contributed by atoms with Gasteiger partial charge >= 0.3 is 0 Å². The van der Waals surface area contributed by atoms with Gasteiger partial charge in [-0.05, 0) is 18.6 Å². The van der Waals surface area contributed by atoms with Crippen molar-refractivity contribution in [2.24, 2.45) is 5.73 Å². The van der Waals surface area contributed by atoms with Crippen LogP contribution in [0.3, 0.4) is 0 Å². The van der Waals surface area contributed by atoms with Crippen molar-refractivity contribution in [1.29, 1.82) is 0 Å². The second-order valence-electron chi connectivity index (χ2n) is 3.25. The van der Waals surface area contributed by atoms with Gasteiger partial charge in [-0.3, -0.25) is 4.79 Å². The molecule has 3 N–H and O–H groups in total. The van der Waals surface area contributed by atoms with E-state index in [4.69, 9.17) is 40.5 Å². The molecular formula is C10H11Cl3N2O. The van der Waals surface area contributed by atoms with Crippen LogP contribution in [0.15, 0.2) is 12.1 Å². The zero-order valence-corrected chi connectivity index (χ0v) is 10.8. The Bertz CT molecular complexity index is 409. The van der Waals surface area contributed by atoms with Crippen molar-refractivity contribution in [2.75, 3.05) is 5.32 Å². The fraction of sp³-hybridized carbons (Fsp3) is 0.300. The number of amides is 1. The number of rotatable bonds is 3. The number of hydrogen-bond acceptors (Lipinski definition) is 2. The fourth-order valence-electron chi connectivity index (χ4n) is 1.03. The summed E-state index contributed by atoms with van der Waals surface area (Å²) in [7, 11) is 0. The van der Waals surface area contributed by atoms with E-state index in [1.54, 1.807) is 0 Å². The number of halogens is 3. The first-order valence-corrected chi connectivity index (χ1v) is 5.80. The molecule has 0 radical (unpaired) electrons. The average molecular weight is 282 g/mol. The predicted molar refractivity (Wildman–Crippen MR) is 68.4 cm³/mol. The molecule has 0 unspecified atom stereocenters. The highest BCUT2D eigenvalue weighted by Crippen LogP contribution is 2.32. The van der Waals surface area contributed by atoms with Crippen LogP contribution in [0.2, 0.25) is 15.1 Å². The van der Waals surface area contributed by atoms with Crippen molar-refractivity contribution in [3.8, 4) is 0 Å². The molecule has 0 fully saturated rings. The molecule has 0 aliphatic heterocycles. The van der Waals surface area contributed by atoms with Crippen LogP contribution < -0.4 is 11.1 Å². The van der Waals surface area contributed by atoms with Gasteiger partial charge in [-0.1, -0.05) is 41.7 Å². The van der Waals surface area contributed by atoms with Crippen LogP contribution in [0.5, 0.6) is 0 Å². The molecule has 0 aromatic heterocycles.